The number of ether oxygens (including phenoxy) is 3. The highest BCUT2D eigenvalue weighted by Crippen LogP contribution is 2.34. The normalized spacial score (nSPS) is 49.5. The highest BCUT2D eigenvalue weighted by Gasteiger charge is 2.47. The van der Waals surface area contributed by atoms with Crippen molar-refractivity contribution >= 4 is 0 Å². The number of aliphatic hydroxyl groups is 5. The second-order valence-electron chi connectivity index (χ2n) is 6.63. The van der Waals surface area contributed by atoms with Crippen molar-refractivity contribution in [1.29, 1.82) is 0 Å². The summed E-state index contributed by atoms with van der Waals surface area (Å²) in [5, 5.41) is 49.1. The van der Waals surface area contributed by atoms with Gasteiger partial charge in [-0.15, -0.1) is 0 Å². The molecular weight excluding hydrogens is 320 g/mol. The van der Waals surface area contributed by atoms with Gasteiger partial charge in [0.15, 0.2) is 12.6 Å². The van der Waals surface area contributed by atoms with Crippen LogP contribution in [-0.4, -0.2) is 81.8 Å². The van der Waals surface area contributed by atoms with E-state index in [0.717, 1.165) is 0 Å². The maximum atomic E-state index is 10.3. The summed E-state index contributed by atoms with van der Waals surface area (Å²) in [6.45, 7) is 4.45. The van der Waals surface area contributed by atoms with Crippen LogP contribution in [0.15, 0.2) is 0 Å². The van der Waals surface area contributed by atoms with Crippen molar-refractivity contribution in [1.82, 2.24) is 0 Å². The van der Waals surface area contributed by atoms with Gasteiger partial charge in [-0.05, 0) is 0 Å². The summed E-state index contributed by atoms with van der Waals surface area (Å²) in [4.78, 5) is 0. The molecule has 5 unspecified atom stereocenters. The van der Waals surface area contributed by atoms with E-state index in [4.69, 9.17) is 14.2 Å². The topological polar surface area (TPSA) is 129 Å². The molecule has 10 atom stereocenters. The Balaban J connectivity index is 0.00000288. The molecule has 2 rings (SSSR count). The minimum Gasteiger partial charge on any atom is -0.394 e. The van der Waals surface area contributed by atoms with Crippen molar-refractivity contribution in [2.24, 2.45) is 17.8 Å². The van der Waals surface area contributed by atoms with Crippen LogP contribution in [0.1, 0.15) is 28.2 Å². The standard InChI is InChI=1S/C15H28O8.CH4/c1-6-9(4-16)22-15(8(3)11(6)18)23-13-10(5-17)21-14(20)7(2)12(13)19;/h6-20H,4-5H2,1-3H3;1H4/t6-,7?,8-,9?,10-,11?,12-,13?,14-,15?;/m1./s1. The molecule has 2 saturated heterocycles. The molecule has 2 aliphatic rings. The molecule has 0 aromatic rings. The Morgan fingerprint density at radius 1 is 0.792 bits per heavy atom. The van der Waals surface area contributed by atoms with Gasteiger partial charge in [0.2, 0.25) is 0 Å². The van der Waals surface area contributed by atoms with Gasteiger partial charge in [0, 0.05) is 17.8 Å². The summed E-state index contributed by atoms with van der Waals surface area (Å²) >= 11 is 0. The molecule has 0 bridgehead atoms. The van der Waals surface area contributed by atoms with E-state index in [9.17, 15) is 25.5 Å². The first-order valence-corrected chi connectivity index (χ1v) is 8.04. The molecule has 2 fully saturated rings. The van der Waals surface area contributed by atoms with Crippen molar-refractivity contribution in [2.45, 2.75) is 71.3 Å². The quantitative estimate of drug-likeness (QED) is 0.439. The molecule has 24 heavy (non-hydrogen) atoms. The molecule has 0 amide bonds. The molecule has 0 aliphatic carbocycles. The highest BCUT2D eigenvalue weighted by molar-refractivity contribution is 4.90. The summed E-state index contributed by atoms with van der Waals surface area (Å²) in [7, 11) is 0. The Kier molecular flexibility index (Phi) is 8.02. The largest absolute Gasteiger partial charge is 0.394 e. The fourth-order valence-electron chi connectivity index (χ4n) is 3.18. The maximum Gasteiger partial charge on any atom is 0.163 e. The van der Waals surface area contributed by atoms with Crippen LogP contribution in [0.25, 0.3) is 0 Å². The van der Waals surface area contributed by atoms with Gasteiger partial charge < -0.3 is 39.7 Å². The Hall–Kier alpha value is -0.320. The Labute approximate surface area is 143 Å². The van der Waals surface area contributed by atoms with E-state index in [1.807, 2.05) is 0 Å². The summed E-state index contributed by atoms with van der Waals surface area (Å²) < 4.78 is 16.7. The second-order valence-corrected chi connectivity index (χ2v) is 6.63. The van der Waals surface area contributed by atoms with E-state index in [1.54, 1.807) is 20.8 Å². The average Bonchev–Trinajstić information content (AvgIpc) is 2.55. The third kappa shape index (κ3) is 4.08. The monoisotopic (exact) mass is 352 g/mol. The van der Waals surface area contributed by atoms with E-state index in [0.29, 0.717) is 0 Å². The van der Waals surface area contributed by atoms with E-state index in [2.05, 4.69) is 0 Å². The van der Waals surface area contributed by atoms with Crippen molar-refractivity contribution in [2.75, 3.05) is 13.2 Å². The minimum absolute atomic E-state index is 0. The third-order valence-corrected chi connectivity index (χ3v) is 5.06. The molecule has 2 aliphatic heterocycles. The summed E-state index contributed by atoms with van der Waals surface area (Å²) in [6, 6.07) is 0. The van der Waals surface area contributed by atoms with Crippen LogP contribution in [0.2, 0.25) is 0 Å². The van der Waals surface area contributed by atoms with E-state index in [1.165, 1.54) is 0 Å². The fraction of sp³-hybridized carbons (Fsp3) is 1.00. The number of hydrogen-bond acceptors (Lipinski definition) is 8. The predicted octanol–water partition coefficient (Wildman–Crippen LogP) is -0.935. The predicted molar refractivity (Wildman–Crippen MR) is 84.8 cm³/mol. The molecule has 2 heterocycles. The fourth-order valence-corrected chi connectivity index (χ4v) is 3.18. The smallest absolute Gasteiger partial charge is 0.163 e. The first-order valence-electron chi connectivity index (χ1n) is 8.04. The van der Waals surface area contributed by atoms with Crippen molar-refractivity contribution in [3.63, 3.8) is 0 Å². The highest BCUT2D eigenvalue weighted by atomic mass is 16.7. The summed E-state index contributed by atoms with van der Waals surface area (Å²) in [5.74, 6) is -1.24. The number of hydrogen-bond donors (Lipinski definition) is 5. The van der Waals surface area contributed by atoms with Crippen molar-refractivity contribution in [3.05, 3.63) is 0 Å². The van der Waals surface area contributed by atoms with Gasteiger partial charge in [-0.3, -0.25) is 0 Å². The number of rotatable bonds is 4. The zero-order chi connectivity index (χ0) is 17.3. The molecule has 144 valence electrons. The van der Waals surface area contributed by atoms with Gasteiger partial charge in [0.25, 0.3) is 0 Å². The average molecular weight is 352 g/mol. The van der Waals surface area contributed by atoms with Crippen LogP contribution < -0.4 is 0 Å². The van der Waals surface area contributed by atoms with Gasteiger partial charge in [-0.2, -0.15) is 0 Å². The number of aliphatic hydroxyl groups excluding tert-OH is 5. The van der Waals surface area contributed by atoms with Crippen LogP contribution in [0, 0.1) is 17.8 Å². The first-order chi connectivity index (χ1) is 10.8. The zero-order valence-electron chi connectivity index (χ0n) is 13.6. The van der Waals surface area contributed by atoms with E-state index < -0.39 is 55.6 Å². The van der Waals surface area contributed by atoms with Gasteiger partial charge in [0.1, 0.15) is 12.2 Å². The molecular formula is C16H32O8. The molecule has 8 heteroatoms. The lowest BCUT2D eigenvalue weighted by atomic mass is 9.85. The Morgan fingerprint density at radius 2 is 1.38 bits per heavy atom. The maximum absolute atomic E-state index is 10.3. The summed E-state index contributed by atoms with van der Waals surface area (Å²) in [5.41, 5.74) is 0. The molecule has 0 radical (unpaired) electrons. The Morgan fingerprint density at radius 3 is 1.92 bits per heavy atom. The molecule has 5 N–H and O–H groups in total. The lowest BCUT2D eigenvalue weighted by molar-refractivity contribution is -0.335. The molecule has 0 aromatic heterocycles. The first kappa shape index (κ1) is 21.7. The molecule has 8 nitrogen and oxygen atoms in total. The third-order valence-electron chi connectivity index (χ3n) is 5.06. The van der Waals surface area contributed by atoms with Gasteiger partial charge in [-0.1, -0.05) is 28.2 Å². The van der Waals surface area contributed by atoms with Gasteiger partial charge in [0.05, 0.1) is 31.5 Å². The molecule has 0 saturated carbocycles. The second kappa shape index (κ2) is 8.86. The van der Waals surface area contributed by atoms with Gasteiger partial charge in [-0.25, -0.2) is 0 Å². The van der Waals surface area contributed by atoms with Crippen molar-refractivity contribution in [3.8, 4) is 0 Å². The van der Waals surface area contributed by atoms with Crippen LogP contribution in [-0.2, 0) is 14.2 Å². The van der Waals surface area contributed by atoms with Crippen LogP contribution in [0.4, 0.5) is 0 Å². The Bertz CT molecular complexity index is 377. The SMILES string of the molecule is C.CC1[C@@H](O)C(OC2OC(CO)[C@@H](C)C(O)[C@H]2C)[C@@H](CO)O[C@H]1O. The van der Waals surface area contributed by atoms with Crippen LogP contribution in [0.5, 0.6) is 0 Å². The molecule has 0 spiro atoms. The minimum atomic E-state index is -1.19. The van der Waals surface area contributed by atoms with Crippen LogP contribution >= 0.6 is 0 Å². The van der Waals surface area contributed by atoms with Gasteiger partial charge >= 0.3 is 0 Å². The summed E-state index contributed by atoms with van der Waals surface area (Å²) in [6.07, 6.45) is -6.25. The lowest BCUT2D eigenvalue weighted by Gasteiger charge is -2.46. The van der Waals surface area contributed by atoms with Crippen molar-refractivity contribution < 1.29 is 39.7 Å². The molecule has 0 aromatic carbocycles. The lowest BCUT2D eigenvalue weighted by Crippen LogP contribution is -2.59. The van der Waals surface area contributed by atoms with E-state index in [-0.39, 0.29) is 25.9 Å². The van der Waals surface area contributed by atoms with E-state index >= 15 is 0 Å². The van der Waals surface area contributed by atoms with Crippen LogP contribution in [0.3, 0.4) is 0 Å². The zero-order valence-corrected chi connectivity index (χ0v) is 13.6.